The monoisotopic (exact) mass is 336 g/mol. The molecule has 0 unspecified atom stereocenters. The molecule has 1 atom stereocenters. The average molecular weight is 336 g/mol. The molecular weight excluding hydrogens is 324 g/mol. The number of amides is 1. The van der Waals surface area contributed by atoms with Gasteiger partial charge >= 0.3 is 0 Å². The normalized spacial score (nSPS) is 12.2. The number of carbonyl (C=O) groups excluding carboxylic acids is 1. The Hall–Kier alpha value is -3.13. The number of hydrogen-bond donors (Lipinski definition) is 2. The first-order valence-corrected chi connectivity index (χ1v) is 8.11. The minimum Gasteiger partial charge on any atom is -0.338 e. The van der Waals surface area contributed by atoms with Crippen molar-refractivity contribution in [1.29, 1.82) is 0 Å². The van der Waals surface area contributed by atoms with Crippen molar-refractivity contribution in [3.8, 4) is 0 Å². The number of tetrazole rings is 1. The van der Waals surface area contributed by atoms with Gasteiger partial charge in [-0.2, -0.15) is 5.21 Å². The van der Waals surface area contributed by atoms with Gasteiger partial charge in [0.05, 0.1) is 10.3 Å². The Bertz CT molecular complexity index is 967. The molecule has 1 aromatic carbocycles. The zero-order valence-electron chi connectivity index (χ0n) is 12.4. The summed E-state index contributed by atoms with van der Waals surface area (Å²) < 4.78 is 0.971. The van der Waals surface area contributed by atoms with E-state index in [1.165, 1.54) is 0 Å². The molecule has 0 spiro atoms. The molecule has 3 heterocycles. The average Bonchev–Trinajstić information content (AvgIpc) is 3.31. The molecule has 4 aromatic rings. The fourth-order valence-corrected chi connectivity index (χ4v) is 3.29. The van der Waals surface area contributed by atoms with Gasteiger partial charge < -0.3 is 5.32 Å². The third-order valence-electron chi connectivity index (χ3n) is 3.65. The summed E-state index contributed by atoms with van der Waals surface area (Å²) in [5, 5.41) is 19.8. The molecule has 0 aliphatic heterocycles. The molecule has 8 heteroatoms. The van der Waals surface area contributed by atoms with E-state index in [0.29, 0.717) is 11.4 Å². The zero-order chi connectivity index (χ0) is 16.4. The Kier molecular flexibility index (Phi) is 3.72. The summed E-state index contributed by atoms with van der Waals surface area (Å²) in [5.74, 6) is 0.171. The van der Waals surface area contributed by atoms with Crippen LogP contribution in [-0.2, 0) is 0 Å². The third kappa shape index (κ3) is 2.63. The number of nitrogens with zero attached hydrogens (tertiary/aromatic N) is 4. The largest absolute Gasteiger partial charge is 0.338 e. The maximum atomic E-state index is 12.8. The van der Waals surface area contributed by atoms with Crippen LogP contribution >= 0.6 is 11.3 Å². The van der Waals surface area contributed by atoms with E-state index in [1.807, 2.05) is 41.8 Å². The quantitative estimate of drug-likeness (QED) is 0.596. The first-order valence-electron chi connectivity index (χ1n) is 7.23. The molecule has 118 valence electrons. The molecule has 0 aliphatic rings. The van der Waals surface area contributed by atoms with E-state index in [1.54, 1.807) is 23.7 Å². The maximum Gasteiger partial charge on any atom is 0.254 e. The highest BCUT2D eigenvalue weighted by atomic mass is 32.1. The lowest BCUT2D eigenvalue weighted by Crippen LogP contribution is -2.30. The number of aromatic amines is 1. The summed E-state index contributed by atoms with van der Waals surface area (Å²) >= 11 is 1.55. The molecule has 0 aliphatic carbocycles. The van der Waals surface area contributed by atoms with Crippen LogP contribution in [0.3, 0.4) is 0 Å². The third-order valence-corrected chi connectivity index (χ3v) is 4.51. The lowest BCUT2D eigenvalue weighted by Gasteiger charge is -2.16. The van der Waals surface area contributed by atoms with Gasteiger partial charge in [0.2, 0.25) is 5.82 Å². The smallest absolute Gasteiger partial charge is 0.254 e. The van der Waals surface area contributed by atoms with E-state index in [0.717, 1.165) is 15.6 Å². The van der Waals surface area contributed by atoms with Crippen molar-refractivity contribution in [2.45, 2.75) is 6.04 Å². The first-order chi connectivity index (χ1) is 11.8. The van der Waals surface area contributed by atoms with Crippen molar-refractivity contribution >= 4 is 27.3 Å². The molecule has 3 aromatic heterocycles. The molecule has 0 radical (unpaired) electrons. The Morgan fingerprint density at radius 1 is 1.17 bits per heavy atom. The van der Waals surface area contributed by atoms with Crippen LogP contribution in [0.15, 0.2) is 54.2 Å². The van der Waals surface area contributed by atoms with Crippen molar-refractivity contribution in [2.75, 3.05) is 0 Å². The summed E-state index contributed by atoms with van der Waals surface area (Å²) in [6.07, 6.45) is 3.33. The zero-order valence-corrected chi connectivity index (χ0v) is 13.2. The number of rotatable bonds is 4. The fourth-order valence-electron chi connectivity index (χ4n) is 2.52. The second kappa shape index (κ2) is 6.17. The van der Waals surface area contributed by atoms with Gasteiger partial charge in [0, 0.05) is 17.8 Å². The molecule has 4 rings (SSSR count). The number of benzene rings is 1. The summed E-state index contributed by atoms with van der Waals surface area (Å²) in [5.41, 5.74) is 1.40. The number of carbonyl (C=O) groups is 1. The highest BCUT2D eigenvalue weighted by Gasteiger charge is 2.22. The number of nitrogens with one attached hydrogen (secondary N) is 2. The lowest BCUT2D eigenvalue weighted by molar-refractivity contribution is 0.0943. The molecule has 7 nitrogen and oxygen atoms in total. The molecule has 1 amide bonds. The topological polar surface area (TPSA) is 96.5 Å². The van der Waals surface area contributed by atoms with Gasteiger partial charge in [-0.3, -0.25) is 9.78 Å². The minimum absolute atomic E-state index is 0.231. The van der Waals surface area contributed by atoms with Crippen molar-refractivity contribution in [1.82, 2.24) is 30.9 Å². The second-order valence-corrected chi connectivity index (χ2v) is 6.05. The van der Waals surface area contributed by atoms with Crippen molar-refractivity contribution in [3.63, 3.8) is 0 Å². The number of thiophene rings is 1. The minimum atomic E-state index is -0.494. The van der Waals surface area contributed by atoms with Gasteiger partial charge in [0.15, 0.2) is 0 Å². The standard InChI is InChI=1S/C16H12N6OS/c23-16(12-8-17-9-13-11(12)6-7-24-13)18-14(15-19-21-22-20-15)10-4-2-1-3-5-10/h1-9,14H,(H,18,23)(H,19,20,21,22)/t14-/m1/s1. The van der Waals surface area contributed by atoms with E-state index < -0.39 is 6.04 Å². The summed E-state index contributed by atoms with van der Waals surface area (Å²) in [7, 11) is 0. The Labute approximate surface area is 140 Å². The molecule has 0 bridgehead atoms. The van der Waals surface area contributed by atoms with Gasteiger partial charge in [0.1, 0.15) is 6.04 Å². The van der Waals surface area contributed by atoms with Crippen LogP contribution in [0, 0.1) is 0 Å². The van der Waals surface area contributed by atoms with Gasteiger partial charge in [-0.05, 0) is 17.0 Å². The van der Waals surface area contributed by atoms with Gasteiger partial charge in [-0.1, -0.05) is 35.5 Å². The van der Waals surface area contributed by atoms with Crippen molar-refractivity contribution < 1.29 is 4.79 Å². The van der Waals surface area contributed by atoms with Crippen molar-refractivity contribution in [2.24, 2.45) is 0 Å². The maximum absolute atomic E-state index is 12.8. The number of aromatic nitrogens is 5. The predicted octanol–water partition coefficient (Wildman–Crippen LogP) is 2.33. The lowest BCUT2D eigenvalue weighted by atomic mass is 10.1. The highest BCUT2D eigenvalue weighted by molar-refractivity contribution is 7.17. The number of fused-ring (bicyclic) bond motifs is 1. The molecule has 0 saturated heterocycles. The second-order valence-electron chi connectivity index (χ2n) is 5.11. The van der Waals surface area contributed by atoms with Crippen LogP contribution in [0.2, 0.25) is 0 Å². The molecular formula is C16H12N6OS. The fraction of sp³-hybridized carbons (Fsp3) is 0.0625. The molecule has 0 saturated carbocycles. The van der Waals surface area contributed by atoms with E-state index in [2.05, 4.69) is 30.9 Å². The van der Waals surface area contributed by atoms with Crippen LogP contribution in [0.25, 0.3) is 10.1 Å². The number of pyridine rings is 1. The van der Waals surface area contributed by atoms with Gasteiger partial charge in [-0.25, -0.2) is 0 Å². The van der Waals surface area contributed by atoms with Gasteiger partial charge in [-0.15, -0.1) is 21.5 Å². The number of H-pyrrole nitrogens is 1. The van der Waals surface area contributed by atoms with Crippen LogP contribution < -0.4 is 5.32 Å². The van der Waals surface area contributed by atoms with E-state index in [9.17, 15) is 4.79 Å². The summed E-state index contributed by atoms with van der Waals surface area (Å²) in [6.45, 7) is 0. The molecule has 24 heavy (non-hydrogen) atoms. The van der Waals surface area contributed by atoms with E-state index >= 15 is 0 Å². The predicted molar refractivity (Wildman–Crippen MR) is 89.5 cm³/mol. The van der Waals surface area contributed by atoms with Crippen LogP contribution in [0.5, 0.6) is 0 Å². The SMILES string of the molecule is O=C(N[C@H](c1ccccc1)c1nn[nH]n1)c1cncc2sccc12. The molecule has 0 fully saturated rings. The Morgan fingerprint density at radius 3 is 2.83 bits per heavy atom. The van der Waals surface area contributed by atoms with E-state index in [4.69, 9.17) is 0 Å². The van der Waals surface area contributed by atoms with Crippen LogP contribution in [0.4, 0.5) is 0 Å². The van der Waals surface area contributed by atoms with Gasteiger partial charge in [0.25, 0.3) is 5.91 Å². The van der Waals surface area contributed by atoms with Crippen molar-refractivity contribution in [3.05, 3.63) is 71.1 Å². The summed E-state index contributed by atoms with van der Waals surface area (Å²) in [6, 6.07) is 10.9. The van der Waals surface area contributed by atoms with Crippen LogP contribution in [0.1, 0.15) is 27.8 Å². The Morgan fingerprint density at radius 2 is 2.04 bits per heavy atom. The molecule has 2 N–H and O–H groups in total. The highest BCUT2D eigenvalue weighted by Crippen LogP contribution is 2.24. The van der Waals surface area contributed by atoms with E-state index in [-0.39, 0.29) is 5.91 Å². The van der Waals surface area contributed by atoms with Crippen LogP contribution in [-0.4, -0.2) is 31.5 Å². The Balaban J connectivity index is 1.70. The summed E-state index contributed by atoms with van der Waals surface area (Å²) in [4.78, 5) is 17.0. The number of hydrogen-bond acceptors (Lipinski definition) is 6. The first kappa shape index (κ1) is 14.5.